The van der Waals surface area contributed by atoms with Gasteiger partial charge in [-0.1, -0.05) is 12.1 Å². The molecule has 1 aromatic heterocycles. The van der Waals surface area contributed by atoms with Gasteiger partial charge in [-0.25, -0.2) is 9.98 Å². The number of guanidine groups is 1. The predicted molar refractivity (Wildman–Crippen MR) is 126 cm³/mol. The van der Waals surface area contributed by atoms with E-state index >= 15 is 0 Å². The summed E-state index contributed by atoms with van der Waals surface area (Å²) in [6, 6.07) is 11.8. The normalized spacial score (nSPS) is 10.8. The largest absolute Gasteiger partial charge is 0.497 e. The third-order valence-electron chi connectivity index (χ3n) is 4.01. The minimum atomic E-state index is 0. The van der Waals surface area contributed by atoms with Gasteiger partial charge in [0.15, 0.2) is 5.96 Å². The molecule has 0 fully saturated rings. The first-order valence-corrected chi connectivity index (χ1v) is 9.47. The van der Waals surface area contributed by atoms with Crippen LogP contribution in [-0.2, 0) is 17.8 Å². The van der Waals surface area contributed by atoms with Crippen molar-refractivity contribution in [3.8, 4) is 11.6 Å². The maximum absolute atomic E-state index is 5.39. The van der Waals surface area contributed by atoms with Gasteiger partial charge in [-0.15, -0.1) is 24.0 Å². The van der Waals surface area contributed by atoms with Gasteiger partial charge in [-0.3, -0.25) is 0 Å². The number of benzene rings is 1. The van der Waals surface area contributed by atoms with Crippen LogP contribution in [0.15, 0.2) is 47.6 Å². The van der Waals surface area contributed by atoms with E-state index in [0.717, 1.165) is 49.0 Å². The van der Waals surface area contributed by atoms with E-state index in [4.69, 9.17) is 14.2 Å². The Morgan fingerprint density at radius 3 is 2.52 bits per heavy atom. The Balaban J connectivity index is 0.00000420. The standard InChI is InChI=1S/C21H30N4O3.HI/c1-4-28-13-5-11-23-21(24-15-17-6-8-19(26-2)9-7-17)25-16-18-10-12-22-20(14-18)27-3;/h6-10,12,14H,4-5,11,13,15-16H2,1-3H3,(H2,23,24,25);1H. The Bertz CT molecular complexity index is 726. The zero-order valence-electron chi connectivity index (χ0n) is 17.3. The molecule has 0 unspecified atom stereocenters. The predicted octanol–water partition coefficient (Wildman–Crippen LogP) is 3.38. The average Bonchev–Trinajstić information content (AvgIpc) is 2.75. The Kier molecular flexibility index (Phi) is 12.8. The van der Waals surface area contributed by atoms with Gasteiger partial charge in [0, 0.05) is 38.6 Å². The Morgan fingerprint density at radius 1 is 1.03 bits per heavy atom. The van der Waals surface area contributed by atoms with Gasteiger partial charge >= 0.3 is 0 Å². The Morgan fingerprint density at radius 2 is 1.83 bits per heavy atom. The molecule has 1 aromatic carbocycles. The molecule has 0 saturated heterocycles. The highest BCUT2D eigenvalue weighted by atomic mass is 127. The molecule has 29 heavy (non-hydrogen) atoms. The highest BCUT2D eigenvalue weighted by Gasteiger charge is 2.02. The van der Waals surface area contributed by atoms with E-state index in [1.165, 1.54) is 0 Å². The lowest BCUT2D eigenvalue weighted by Gasteiger charge is -2.13. The van der Waals surface area contributed by atoms with Gasteiger partial charge in [0.1, 0.15) is 5.75 Å². The van der Waals surface area contributed by atoms with Crippen molar-refractivity contribution in [1.29, 1.82) is 0 Å². The molecular formula is C21H31IN4O3. The van der Waals surface area contributed by atoms with Crippen LogP contribution in [0.25, 0.3) is 0 Å². The molecule has 0 amide bonds. The van der Waals surface area contributed by atoms with E-state index in [-0.39, 0.29) is 24.0 Å². The molecule has 1 heterocycles. The Hall–Kier alpha value is -2.07. The summed E-state index contributed by atoms with van der Waals surface area (Å²) in [6.45, 7) is 5.45. The number of methoxy groups -OCH3 is 2. The van der Waals surface area contributed by atoms with Crippen LogP contribution < -0.4 is 20.1 Å². The SMILES string of the molecule is CCOCCCNC(=NCc1ccnc(OC)c1)NCc1ccc(OC)cc1.I. The molecule has 0 aliphatic rings. The van der Waals surface area contributed by atoms with Crippen LogP contribution in [0.4, 0.5) is 0 Å². The summed E-state index contributed by atoms with van der Waals surface area (Å²) in [7, 11) is 3.27. The van der Waals surface area contributed by atoms with Crippen LogP contribution in [0.5, 0.6) is 11.6 Å². The van der Waals surface area contributed by atoms with Crippen molar-refractivity contribution in [3.63, 3.8) is 0 Å². The lowest BCUT2D eigenvalue weighted by molar-refractivity contribution is 0.145. The summed E-state index contributed by atoms with van der Waals surface area (Å²) in [5.74, 6) is 2.19. The van der Waals surface area contributed by atoms with Crippen molar-refractivity contribution < 1.29 is 14.2 Å². The van der Waals surface area contributed by atoms with Crippen molar-refractivity contribution in [2.45, 2.75) is 26.4 Å². The Labute approximate surface area is 190 Å². The van der Waals surface area contributed by atoms with Crippen molar-refractivity contribution in [3.05, 3.63) is 53.7 Å². The first-order chi connectivity index (χ1) is 13.7. The van der Waals surface area contributed by atoms with Crippen molar-refractivity contribution in [2.75, 3.05) is 34.0 Å². The van der Waals surface area contributed by atoms with Gasteiger partial charge in [0.2, 0.25) is 5.88 Å². The third-order valence-corrected chi connectivity index (χ3v) is 4.01. The maximum Gasteiger partial charge on any atom is 0.213 e. The van der Waals surface area contributed by atoms with Crippen LogP contribution in [0, 0.1) is 0 Å². The number of aliphatic imine (C=N–C) groups is 1. The highest BCUT2D eigenvalue weighted by Crippen LogP contribution is 2.11. The van der Waals surface area contributed by atoms with Gasteiger partial charge in [-0.2, -0.15) is 0 Å². The number of pyridine rings is 1. The van der Waals surface area contributed by atoms with Crippen molar-refractivity contribution >= 4 is 29.9 Å². The summed E-state index contributed by atoms with van der Waals surface area (Å²) in [5.41, 5.74) is 2.18. The second-order valence-corrected chi connectivity index (χ2v) is 6.05. The third kappa shape index (κ3) is 9.80. The van der Waals surface area contributed by atoms with Gasteiger partial charge in [0.05, 0.1) is 20.8 Å². The molecule has 0 aliphatic carbocycles. The van der Waals surface area contributed by atoms with Crippen LogP contribution in [-0.4, -0.2) is 44.9 Å². The first-order valence-electron chi connectivity index (χ1n) is 9.47. The zero-order chi connectivity index (χ0) is 20.0. The second-order valence-electron chi connectivity index (χ2n) is 6.05. The number of aromatic nitrogens is 1. The van der Waals surface area contributed by atoms with Crippen molar-refractivity contribution in [2.24, 2.45) is 4.99 Å². The first kappa shape index (κ1) is 25.0. The molecule has 7 nitrogen and oxygen atoms in total. The molecule has 0 bridgehead atoms. The molecule has 2 rings (SSSR count). The van der Waals surface area contributed by atoms with Crippen LogP contribution >= 0.6 is 24.0 Å². The molecule has 2 aromatic rings. The average molecular weight is 514 g/mol. The number of hydrogen-bond acceptors (Lipinski definition) is 5. The fourth-order valence-corrected chi connectivity index (χ4v) is 2.46. The van der Waals surface area contributed by atoms with Crippen molar-refractivity contribution in [1.82, 2.24) is 15.6 Å². The minimum absolute atomic E-state index is 0. The van der Waals surface area contributed by atoms with Crippen LogP contribution in [0.3, 0.4) is 0 Å². The lowest BCUT2D eigenvalue weighted by atomic mass is 10.2. The smallest absolute Gasteiger partial charge is 0.213 e. The number of hydrogen-bond donors (Lipinski definition) is 2. The van der Waals surface area contributed by atoms with E-state index in [2.05, 4.69) is 20.6 Å². The molecule has 0 spiro atoms. The van der Waals surface area contributed by atoms with E-state index in [9.17, 15) is 0 Å². The zero-order valence-corrected chi connectivity index (χ0v) is 19.6. The maximum atomic E-state index is 5.39. The van der Waals surface area contributed by atoms with Gasteiger partial charge in [0.25, 0.3) is 0 Å². The monoisotopic (exact) mass is 514 g/mol. The number of halogens is 1. The van der Waals surface area contributed by atoms with Gasteiger partial charge in [-0.05, 0) is 42.7 Å². The molecule has 0 atom stereocenters. The molecule has 8 heteroatoms. The summed E-state index contributed by atoms with van der Waals surface area (Å²) in [5, 5.41) is 6.73. The minimum Gasteiger partial charge on any atom is -0.497 e. The molecular weight excluding hydrogens is 483 g/mol. The number of nitrogens with one attached hydrogen (secondary N) is 2. The van der Waals surface area contributed by atoms with E-state index in [1.807, 2.05) is 43.3 Å². The quantitative estimate of drug-likeness (QED) is 0.207. The van der Waals surface area contributed by atoms with E-state index in [1.54, 1.807) is 20.4 Å². The van der Waals surface area contributed by atoms with Crippen LogP contribution in [0.1, 0.15) is 24.5 Å². The van der Waals surface area contributed by atoms with E-state index in [0.29, 0.717) is 19.0 Å². The number of rotatable bonds is 11. The highest BCUT2D eigenvalue weighted by molar-refractivity contribution is 14.0. The van der Waals surface area contributed by atoms with E-state index < -0.39 is 0 Å². The molecule has 0 radical (unpaired) electrons. The fraction of sp³-hybridized carbons (Fsp3) is 0.429. The number of nitrogens with zero attached hydrogens (tertiary/aromatic N) is 2. The second kappa shape index (κ2) is 14.9. The number of ether oxygens (including phenoxy) is 3. The summed E-state index contributed by atoms with van der Waals surface area (Å²) in [4.78, 5) is 8.81. The molecule has 0 saturated carbocycles. The lowest BCUT2D eigenvalue weighted by Crippen LogP contribution is -2.37. The molecule has 0 aliphatic heterocycles. The molecule has 160 valence electrons. The summed E-state index contributed by atoms with van der Waals surface area (Å²) >= 11 is 0. The summed E-state index contributed by atoms with van der Waals surface area (Å²) in [6.07, 6.45) is 2.64. The topological polar surface area (TPSA) is 77.0 Å². The molecule has 2 N–H and O–H groups in total. The fourth-order valence-electron chi connectivity index (χ4n) is 2.46. The summed E-state index contributed by atoms with van der Waals surface area (Å²) < 4.78 is 15.8. The van der Waals surface area contributed by atoms with Crippen LogP contribution in [0.2, 0.25) is 0 Å². The van der Waals surface area contributed by atoms with Gasteiger partial charge < -0.3 is 24.8 Å².